The maximum Gasteiger partial charge on any atom is 0.416 e. The van der Waals surface area contributed by atoms with Crippen molar-refractivity contribution in [3.8, 4) is 5.75 Å². The van der Waals surface area contributed by atoms with E-state index in [1.165, 1.54) is 48.2 Å². The molecular weight excluding hydrogens is 730 g/mol. The number of nitrogens with one attached hydrogen (secondary N) is 2. The van der Waals surface area contributed by atoms with Crippen LogP contribution in [0.25, 0.3) is 0 Å². The van der Waals surface area contributed by atoms with E-state index in [0.29, 0.717) is 28.4 Å². The lowest BCUT2D eigenvalue weighted by atomic mass is 9.68. The van der Waals surface area contributed by atoms with Gasteiger partial charge in [0.25, 0.3) is 5.91 Å². The molecule has 51 heavy (non-hydrogen) atoms. The number of para-hydroxylation sites is 1. The standard InChI is InChI=1S/C34H27F3N4O7S3/c35-34(36,37)15-4-3-5-17(12-15)41-31(43)26-20-13-21(27(26)32(41)44)28-25(20)24(29-30(49-28)40-33(45)50-29)19-6-1-2-7-22(19)48-14-23(42)39-16-8-10-18(11-9-16)51(38,46)47/h1-12,20-21,24-28H,13-14H2,(H,39,42)(H,40,45)(H2,38,46,47)/t20-,21-,24-,25?,26?,27?,28?/m1/s1. The van der Waals surface area contributed by atoms with Gasteiger partial charge in [-0.15, -0.1) is 11.8 Å². The molecule has 4 aromatic rings. The Morgan fingerprint density at radius 3 is 2.39 bits per heavy atom. The average molecular weight is 757 g/mol. The van der Waals surface area contributed by atoms with Crippen LogP contribution in [0.4, 0.5) is 24.5 Å². The van der Waals surface area contributed by atoms with E-state index in [1.54, 1.807) is 18.2 Å². The molecule has 2 aliphatic carbocycles. The van der Waals surface area contributed by atoms with Gasteiger partial charge in [0.15, 0.2) is 6.61 Å². The fourth-order valence-electron chi connectivity index (χ4n) is 8.38. The van der Waals surface area contributed by atoms with Crippen LogP contribution >= 0.6 is 23.1 Å². The third kappa shape index (κ3) is 5.66. The third-order valence-electron chi connectivity index (χ3n) is 10.2. The van der Waals surface area contributed by atoms with Crippen LogP contribution in [0.2, 0.25) is 0 Å². The molecule has 3 aromatic carbocycles. The van der Waals surface area contributed by atoms with Crippen LogP contribution < -0.4 is 25.0 Å². The van der Waals surface area contributed by atoms with Crippen molar-refractivity contribution in [2.45, 2.75) is 33.7 Å². The fourth-order valence-corrected chi connectivity index (χ4v) is 11.8. The molecule has 4 N–H and O–H groups in total. The number of fused-ring (bicyclic) bond motifs is 9. The summed E-state index contributed by atoms with van der Waals surface area (Å²) in [6.07, 6.45) is -4.08. The van der Waals surface area contributed by atoms with Crippen molar-refractivity contribution in [1.29, 1.82) is 0 Å². The first-order valence-corrected chi connectivity index (χ1v) is 19.0. The Balaban J connectivity index is 1.09. The van der Waals surface area contributed by atoms with Gasteiger partial charge in [0, 0.05) is 27.3 Å². The van der Waals surface area contributed by atoms with Gasteiger partial charge in [-0.2, -0.15) is 13.2 Å². The van der Waals surface area contributed by atoms with Crippen LogP contribution in [0.15, 0.2) is 87.5 Å². The van der Waals surface area contributed by atoms with Crippen LogP contribution in [0, 0.1) is 29.6 Å². The van der Waals surface area contributed by atoms with Gasteiger partial charge in [0.05, 0.1) is 33.0 Å². The molecule has 3 amide bonds. The van der Waals surface area contributed by atoms with Gasteiger partial charge in [-0.1, -0.05) is 35.6 Å². The second kappa shape index (κ2) is 12.1. The molecule has 7 atom stereocenters. The molecule has 3 heterocycles. The Kier molecular flexibility index (Phi) is 7.97. The summed E-state index contributed by atoms with van der Waals surface area (Å²) in [5.41, 5.74) is -0.0555. The SMILES string of the molecule is NS(=O)(=O)c1ccc(NC(=O)COc2ccccc2[C@H]2c3sc(=O)[nH]c3SC3C2[C@H]2C[C@@H]3C3C(=O)N(c4cccc(C(F)(F)F)c4)C(=O)C32)cc1. The summed E-state index contributed by atoms with van der Waals surface area (Å²) in [5, 5.41) is 8.26. The number of sulfonamides is 1. The molecule has 1 aromatic heterocycles. The summed E-state index contributed by atoms with van der Waals surface area (Å²) in [6.45, 7) is -0.407. The lowest BCUT2D eigenvalue weighted by Crippen LogP contribution is -2.42. The van der Waals surface area contributed by atoms with Gasteiger partial charge < -0.3 is 15.0 Å². The Hall–Kier alpha value is -4.45. The zero-order valence-corrected chi connectivity index (χ0v) is 28.6. The normalized spacial score (nSPS) is 26.5. The van der Waals surface area contributed by atoms with Crippen molar-refractivity contribution in [1.82, 2.24) is 4.98 Å². The number of aromatic amines is 1. The van der Waals surface area contributed by atoms with E-state index in [9.17, 15) is 40.8 Å². The monoisotopic (exact) mass is 756 g/mol. The highest BCUT2D eigenvalue weighted by atomic mass is 32.2. The number of hydrogen-bond donors (Lipinski definition) is 3. The second-order valence-electron chi connectivity index (χ2n) is 13.0. The van der Waals surface area contributed by atoms with E-state index in [-0.39, 0.29) is 38.5 Å². The first kappa shape index (κ1) is 33.7. The number of ether oxygens (including phenoxy) is 1. The lowest BCUT2D eigenvalue weighted by molar-refractivity contribution is -0.137. The van der Waals surface area contributed by atoms with Crippen LogP contribution in [-0.4, -0.2) is 43.0 Å². The second-order valence-corrected chi connectivity index (χ2v) is 16.7. The number of aromatic nitrogens is 1. The fraction of sp³-hybridized carbons (Fsp3) is 0.294. The number of anilines is 2. The van der Waals surface area contributed by atoms with Crippen molar-refractivity contribution in [2.24, 2.45) is 34.7 Å². The quantitative estimate of drug-likeness (QED) is 0.226. The Morgan fingerprint density at radius 2 is 1.69 bits per heavy atom. The topological polar surface area (TPSA) is 169 Å². The number of thioether (sulfide) groups is 1. The molecule has 2 aliphatic heterocycles. The number of hydrogen-bond acceptors (Lipinski definition) is 9. The molecule has 2 saturated carbocycles. The van der Waals surface area contributed by atoms with Crippen molar-refractivity contribution >= 4 is 62.2 Å². The molecular formula is C34H27F3N4O7S3. The van der Waals surface area contributed by atoms with Gasteiger partial charge in [-0.25, -0.2) is 13.6 Å². The van der Waals surface area contributed by atoms with E-state index < -0.39 is 63.8 Å². The van der Waals surface area contributed by atoms with Crippen molar-refractivity contribution in [3.05, 3.63) is 98.5 Å². The van der Waals surface area contributed by atoms with Gasteiger partial charge >= 0.3 is 11.0 Å². The van der Waals surface area contributed by atoms with Gasteiger partial charge in [-0.05, 0) is 72.7 Å². The third-order valence-corrected chi connectivity index (χ3v) is 13.8. The number of nitrogens with two attached hydrogens (primary N) is 1. The number of nitrogens with zero attached hydrogens (tertiary/aromatic N) is 1. The molecule has 8 rings (SSSR count). The van der Waals surface area contributed by atoms with Gasteiger partial charge in [0.2, 0.25) is 21.8 Å². The van der Waals surface area contributed by atoms with E-state index >= 15 is 0 Å². The average Bonchev–Trinajstić information content (AvgIpc) is 3.82. The number of benzene rings is 3. The highest BCUT2D eigenvalue weighted by molar-refractivity contribution is 8.00. The zero-order chi connectivity index (χ0) is 36.0. The maximum absolute atomic E-state index is 14.0. The number of primary sulfonamides is 1. The summed E-state index contributed by atoms with van der Waals surface area (Å²) in [5.74, 6) is -3.86. The van der Waals surface area contributed by atoms with E-state index in [1.807, 2.05) is 6.07 Å². The van der Waals surface area contributed by atoms with Gasteiger partial charge in [-0.3, -0.25) is 24.1 Å². The van der Waals surface area contributed by atoms with Crippen LogP contribution in [-0.2, 0) is 30.6 Å². The first-order chi connectivity index (χ1) is 24.2. The highest BCUT2D eigenvalue weighted by Gasteiger charge is 2.70. The van der Waals surface area contributed by atoms with E-state index in [4.69, 9.17) is 9.88 Å². The molecule has 4 aliphatic rings. The molecule has 264 valence electrons. The number of imide groups is 1. The van der Waals surface area contributed by atoms with Crippen molar-refractivity contribution in [3.63, 3.8) is 0 Å². The number of amides is 3. The van der Waals surface area contributed by atoms with Gasteiger partial charge in [0.1, 0.15) is 5.75 Å². The molecule has 3 fully saturated rings. The number of carbonyl (C=O) groups excluding carboxylic acids is 3. The molecule has 11 nitrogen and oxygen atoms in total. The number of halogens is 3. The summed E-state index contributed by atoms with van der Waals surface area (Å²) in [7, 11) is -3.91. The van der Waals surface area contributed by atoms with Crippen LogP contribution in [0.3, 0.4) is 0 Å². The Labute approximate surface area is 296 Å². The molecule has 4 unspecified atom stereocenters. The highest BCUT2D eigenvalue weighted by Crippen LogP contribution is 2.69. The number of H-pyrrole nitrogens is 1. The smallest absolute Gasteiger partial charge is 0.416 e. The van der Waals surface area contributed by atoms with Crippen LogP contribution in [0.5, 0.6) is 5.75 Å². The number of alkyl halides is 3. The molecule has 1 saturated heterocycles. The molecule has 0 spiro atoms. The largest absolute Gasteiger partial charge is 0.483 e. The number of carbonyl (C=O) groups is 3. The summed E-state index contributed by atoms with van der Waals surface area (Å²) >= 11 is 2.51. The van der Waals surface area contributed by atoms with Crippen molar-refractivity contribution in [2.75, 3.05) is 16.8 Å². The number of rotatable bonds is 7. The minimum atomic E-state index is -4.65. The summed E-state index contributed by atoms with van der Waals surface area (Å²) < 4.78 is 69.8. The summed E-state index contributed by atoms with van der Waals surface area (Å²) in [6, 6.07) is 16.6. The maximum atomic E-state index is 14.0. The minimum Gasteiger partial charge on any atom is -0.483 e. The Morgan fingerprint density at radius 1 is 0.980 bits per heavy atom. The summed E-state index contributed by atoms with van der Waals surface area (Å²) in [4.78, 5) is 57.7. The molecule has 0 radical (unpaired) electrons. The first-order valence-electron chi connectivity index (χ1n) is 15.8. The predicted molar refractivity (Wildman–Crippen MR) is 181 cm³/mol. The number of thiazole rings is 1. The molecule has 17 heteroatoms. The van der Waals surface area contributed by atoms with E-state index in [0.717, 1.165) is 33.2 Å². The lowest BCUT2D eigenvalue weighted by Gasteiger charge is -2.43. The predicted octanol–water partition coefficient (Wildman–Crippen LogP) is 4.80. The van der Waals surface area contributed by atoms with Crippen LogP contribution in [0.1, 0.15) is 28.3 Å². The van der Waals surface area contributed by atoms with Crippen molar-refractivity contribution < 1.29 is 40.7 Å². The Bertz CT molecular complexity index is 2270. The minimum absolute atomic E-state index is 0.110. The van der Waals surface area contributed by atoms with E-state index in [2.05, 4.69) is 10.3 Å². The zero-order valence-electron chi connectivity index (χ0n) is 26.1. The molecule has 2 bridgehead atoms.